The summed E-state index contributed by atoms with van der Waals surface area (Å²) < 4.78 is 2.40. The third-order valence-electron chi connectivity index (χ3n) is 5.15. The lowest BCUT2D eigenvalue weighted by Gasteiger charge is -2.19. The van der Waals surface area contributed by atoms with E-state index in [4.69, 9.17) is 0 Å². The van der Waals surface area contributed by atoms with Gasteiger partial charge in [0.15, 0.2) is 19.3 Å². The zero-order valence-electron chi connectivity index (χ0n) is 16.6. The van der Waals surface area contributed by atoms with Crippen LogP contribution in [0, 0.1) is 0 Å². The van der Waals surface area contributed by atoms with Crippen molar-refractivity contribution >= 4 is 6.21 Å². The molecule has 2 aliphatic rings. The topological polar surface area (TPSA) is 6.25 Å². The molecule has 2 rings (SSSR count). The highest BCUT2D eigenvalue weighted by atomic mass is 15.2. The van der Waals surface area contributed by atoms with E-state index in [0.29, 0.717) is 0 Å². The van der Waals surface area contributed by atoms with E-state index in [9.17, 15) is 0 Å². The van der Waals surface area contributed by atoms with Gasteiger partial charge in [0.25, 0.3) is 0 Å². The van der Waals surface area contributed by atoms with Crippen LogP contribution in [0.4, 0.5) is 0 Å². The van der Waals surface area contributed by atoms with Gasteiger partial charge in [-0.1, -0.05) is 41.5 Å². The van der Waals surface area contributed by atoms with Crippen LogP contribution in [0.1, 0.15) is 46.5 Å². The predicted molar refractivity (Wildman–Crippen MR) is 111 cm³/mol. The Bertz CT molecular complexity index is 616. The van der Waals surface area contributed by atoms with Gasteiger partial charge in [-0.15, -0.1) is 0 Å². The van der Waals surface area contributed by atoms with Crippen LogP contribution in [0.15, 0.2) is 58.7 Å². The number of hydrogen-bond acceptors (Lipinski definition) is 1. The van der Waals surface area contributed by atoms with Crippen LogP contribution >= 0.6 is 0 Å². The summed E-state index contributed by atoms with van der Waals surface area (Å²) in [6.45, 7) is 11.2. The third kappa shape index (κ3) is 7.39. The molecule has 1 aliphatic carbocycles. The largest absolute Gasteiger partial charge is 0.294 e. The standard InChI is InChI=1S/C23H35N2/c1-20(12-13-23-11-6-5-10-22(23)3)8-7-9-21(2)14-15-25-18-16-24(4)17-19-25/h7-9,12-15H,5-6,10-11,16-19H2,1-4H3/q+1/b9-7+,13-12+,20-8+,21-14+. The molecule has 1 heterocycles. The second-order valence-electron chi connectivity index (χ2n) is 7.51. The van der Waals surface area contributed by atoms with Gasteiger partial charge in [0.2, 0.25) is 0 Å². The molecule has 0 aromatic rings. The van der Waals surface area contributed by atoms with Crippen molar-refractivity contribution in [3.05, 3.63) is 58.7 Å². The first-order valence-corrected chi connectivity index (χ1v) is 9.70. The van der Waals surface area contributed by atoms with Gasteiger partial charge in [-0.2, -0.15) is 0 Å². The lowest BCUT2D eigenvalue weighted by molar-refractivity contribution is -0.534. The fraction of sp³-hybridized carbons (Fsp3) is 0.522. The maximum Gasteiger partial charge on any atom is 0.163 e. The lowest BCUT2D eigenvalue weighted by atomic mass is 9.92. The van der Waals surface area contributed by atoms with Gasteiger partial charge in [0.05, 0.1) is 13.1 Å². The molecule has 1 fully saturated rings. The molecule has 2 nitrogen and oxygen atoms in total. The Labute approximate surface area is 154 Å². The number of rotatable bonds is 5. The zero-order valence-corrected chi connectivity index (χ0v) is 16.6. The Morgan fingerprint density at radius 3 is 2.36 bits per heavy atom. The van der Waals surface area contributed by atoms with E-state index in [1.54, 1.807) is 11.1 Å². The first kappa shape index (κ1) is 19.7. The molecule has 0 aromatic carbocycles. The number of nitrogens with zero attached hydrogens (tertiary/aromatic N) is 2. The Morgan fingerprint density at radius 1 is 0.960 bits per heavy atom. The van der Waals surface area contributed by atoms with Gasteiger partial charge in [0, 0.05) is 6.08 Å². The van der Waals surface area contributed by atoms with Crippen molar-refractivity contribution in [3.8, 4) is 0 Å². The minimum absolute atomic E-state index is 1.13. The van der Waals surface area contributed by atoms with E-state index >= 15 is 0 Å². The molecule has 1 saturated heterocycles. The SMILES string of the molecule is CC1=C(/C=C/C(C)=C/C=C/C(C)=C/C=[N+]2CCN(C)CC2)CCCC1. The van der Waals surface area contributed by atoms with Crippen LogP contribution in [-0.2, 0) is 0 Å². The van der Waals surface area contributed by atoms with Crippen LogP contribution in [0.3, 0.4) is 0 Å². The fourth-order valence-corrected chi connectivity index (χ4v) is 3.19. The summed E-state index contributed by atoms with van der Waals surface area (Å²) in [6, 6.07) is 0. The third-order valence-corrected chi connectivity index (χ3v) is 5.15. The van der Waals surface area contributed by atoms with Gasteiger partial charge in [-0.25, -0.2) is 4.58 Å². The van der Waals surface area contributed by atoms with Crippen LogP contribution in [-0.4, -0.2) is 48.9 Å². The predicted octanol–water partition coefficient (Wildman–Crippen LogP) is 4.91. The van der Waals surface area contributed by atoms with Crippen LogP contribution in [0.25, 0.3) is 0 Å². The summed E-state index contributed by atoms with van der Waals surface area (Å²) in [5, 5.41) is 0. The molecule has 0 atom stereocenters. The Hall–Kier alpha value is -1.67. The van der Waals surface area contributed by atoms with Crippen molar-refractivity contribution in [2.75, 3.05) is 33.2 Å². The van der Waals surface area contributed by atoms with Crippen molar-refractivity contribution in [1.82, 2.24) is 4.90 Å². The Kier molecular flexibility index (Phi) is 8.14. The molecular formula is C23H35N2+. The fourth-order valence-electron chi connectivity index (χ4n) is 3.19. The summed E-state index contributed by atoms with van der Waals surface area (Å²) >= 11 is 0. The van der Waals surface area contributed by atoms with Crippen molar-refractivity contribution in [2.45, 2.75) is 46.5 Å². The minimum Gasteiger partial charge on any atom is -0.294 e. The Balaban J connectivity index is 1.86. The molecule has 1 aliphatic heterocycles. The van der Waals surface area contributed by atoms with E-state index < -0.39 is 0 Å². The highest BCUT2D eigenvalue weighted by Gasteiger charge is 2.13. The molecule has 0 spiro atoms. The van der Waals surface area contributed by atoms with E-state index in [0.717, 1.165) is 26.2 Å². The minimum atomic E-state index is 1.13. The van der Waals surface area contributed by atoms with Gasteiger partial charge >= 0.3 is 0 Å². The molecule has 136 valence electrons. The van der Waals surface area contributed by atoms with Gasteiger partial charge in [-0.05, 0) is 64.6 Å². The van der Waals surface area contributed by atoms with E-state index in [-0.39, 0.29) is 0 Å². The summed E-state index contributed by atoms with van der Waals surface area (Å²) in [6.07, 6.45) is 20.8. The normalized spacial score (nSPS) is 21.7. The number of hydrogen-bond donors (Lipinski definition) is 0. The summed E-state index contributed by atoms with van der Waals surface area (Å²) in [5.41, 5.74) is 5.71. The molecule has 0 unspecified atom stereocenters. The zero-order chi connectivity index (χ0) is 18.1. The van der Waals surface area contributed by atoms with E-state index in [1.807, 2.05) is 0 Å². The van der Waals surface area contributed by atoms with Crippen molar-refractivity contribution in [1.29, 1.82) is 0 Å². The highest BCUT2D eigenvalue weighted by molar-refractivity contribution is 5.68. The average Bonchev–Trinajstić information content (AvgIpc) is 2.60. The average molecular weight is 340 g/mol. The quantitative estimate of drug-likeness (QED) is 0.509. The van der Waals surface area contributed by atoms with Crippen LogP contribution < -0.4 is 0 Å². The molecule has 0 saturated carbocycles. The second kappa shape index (κ2) is 10.4. The van der Waals surface area contributed by atoms with E-state index in [1.165, 1.54) is 36.8 Å². The summed E-state index contributed by atoms with van der Waals surface area (Å²) in [4.78, 5) is 2.38. The van der Waals surface area contributed by atoms with Crippen LogP contribution in [0.2, 0.25) is 0 Å². The van der Waals surface area contributed by atoms with Gasteiger partial charge in [-0.3, -0.25) is 4.90 Å². The molecule has 2 heteroatoms. The Morgan fingerprint density at radius 2 is 1.64 bits per heavy atom. The molecule has 25 heavy (non-hydrogen) atoms. The summed E-state index contributed by atoms with van der Waals surface area (Å²) in [7, 11) is 2.19. The second-order valence-corrected chi connectivity index (χ2v) is 7.51. The highest BCUT2D eigenvalue weighted by Crippen LogP contribution is 2.25. The van der Waals surface area contributed by atoms with E-state index in [2.05, 4.69) is 80.0 Å². The molecule has 0 N–H and O–H groups in total. The van der Waals surface area contributed by atoms with Crippen molar-refractivity contribution < 1.29 is 4.58 Å². The number of likely N-dealkylation sites (N-methyl/N-ethyl adjacent to an activating group) is 1. The first-order valence-electron chi connectivity index (χ1n) is 9.70. The number of allylic oxidation sites excluding steroid dienone is 10. The van der Waals surface area contributed by atoms with Gasteiger partial charge in [0.1, 0.15) is 0 Å². The van der Waals surface area contributed by atoms with Crippen molar-refractivity contribution in [3.63, 3.8) is 0 Å². The molecule has 0 bridgehead atoms. The lowest BCUT2D eigenvalue weighted by Crippen LogP contribution is -2.39. The van der Waals surface area contributed by atoms with Gasteiger partial charge < -0.3 is 0 Å². The van der Waals surface area contributed by atoms with Crippen LogP contribution in [0.5, 0.6) is 0 Å². The molecule has 0 amide bonds. The molecule has 0 radical (unpaired) electrons. The molecular weight excluding hydrogens is 304 g/mol. The van der Waals surface area contributed by atoms with Crippen molar-refractivity contribution in [2.24, 2.45) is 0 Å². The maximum atomic E-state index is 2.40. The first-order chi connectivity index (χ1) is 12.0. The maximum absolute atomic E-state index is 2.40. The summed E-state index contributed by atoms with van der Waals surface area (Å²) in [5.74, 6) is 0. The monoisotopic (exact) mass is 339 g/mol. The smallest absolute Gasteiger partial charge is 0.163 e. The number of piperazine rings is 1. The molecule has 0 aromatic heterocycles.